The average molecular weight is 412 g/mol. The summed E-state index contributed by atoms with van der Waals surface area (Å²) >= 11 is 1.28. The van der Waals surface area contributed by atoms with Crippen molar-refractivity contribution in [1.29, 1.82) is 0 Å². The summed E-state index contributed by atoms with van der Waals surface area (Å²) in [5.41, 5.74) is 1.09. The predicted molar refractivity (Wildman–Crippen MR) is 113 cm³/mol. The molecule has 1 aliphatic heterocycles. The number of non-ortho nitro benzene ring substituents is 1. The van der Waals surface area contributed by atoms with E-state index in [9.17, 15) is 19.7 Å². The van der Waals surface area contributed by atoms with Gasteiger partial charge in [-0.3, -0.25) is 19.7 Å². The zero-order valence-electron chi connectivity index (χ0n) is 16.1. The van der Waals surface area contributed by atoms with Crippen LogP contribution < -0.4 is 9.64 Å². The molecule has 0 spiro atoms. The monoisotopic (exact) mass is 412 g/mol. The first kappa shape index (κ1) is 20.6. The number of nitro benzene ring substituents is 1. The van der Waals surface area contributed by atoms with E-state index >= 15 is 0 Å². The summed E-state index contributed by atoms with van der Waals surface area (Å²) in [6.45, 7) is 4.42. The van der Waals surface area contributed by atoms with Gasteiger partial charge in [-0.25, -0.2) is 4.90 Å². The van der Waals surface area contributed by atoms with Crippen LogP contribution in [0.15, 0.2) is 53.4 Å². The predicted octanol–water partition coefficient (Wildman–Crippen LogP) is 4.42. The Labute approximate surface area is 172 Å². The van der Waals surface area contributed by atoms with Gasteiger partial charge in [0.1, 0.15) is 5.75 Å². The molecule has 0 bridgehead atoms. The highest BCUT2D eigenvalue weighted by atomic mass is 32.2. The average Bonchev–Trinajstić information content (AvgIpc) is 2.96. The van der Waals surface area contributed by atoms with Crippen molar-refractivity contribution in [2.75, 3.05) is 17.3 Å². The number of thioether (sulfide) groups is 1. The molecule has 1 heterocycles. The van der Waals surface area contributed by atoms with Crippen LogP contribution in [0.1, 0.15) is 25.8 Å². The molecular weight excluding hydrogens is 392 g/mol. The summed E-state index contributed by atoms with van der Waals surface area (Å²) in [5.74, 6) is 0.340. The van der Waals surface area contributed by atoms with E-state index in [1.165, 1.54) is 36.0 Å². The van der Waals surface area contributed by atoms with Crippen LogP contribution in [0.4, 0.5) is 11.4 Å². The van der Waals surface area contributed by atoms with Gasteiger partial charge in [-0.2, -0.15) is 0 Å². The van der Waals surface area contributed by atoms with Crippen LogP contribution in [0, 0.1) is 10.1 Å². The SMILES string of the molecule is CCCOc1cccc(N2C(=O)C(SCC)=C(c3ccc([N+](=O)[O-])cc3)C2=O)c1. The molecule has 1 aliphatic rings. The molecule has 3 rings (SSSR count). The molecule has 0 radical (unpaired) electrons. The van der Waals surface area contributed by atoms with Gasteiger partial charge in [0.2, 0.25) is 0 Å². The second-order valence-electron chi connectivity index (χ2n) is 6.23. The van der Waals surface area contributed by atoms with Gasteiger partial charge in [-0.05, 0) is 42.0 Å². The molecule has 150 valence electrons. The topological polar surface area (TPSA) is 89.8 Å². The fourth-order valence-electron chi connectivity index (χ4n) is 2.96. The molecule has 2 aromatic carbocycles. The molecule has 0 N–H and O–H groups in total. The highest BCUT2D eigenvalue weighted by Crippen LogP contribution is 2.39. The van der Waals surface area contributed by atoms with Gasteiger partial charge >= 0.3 is 0 Å². The fraction of sp³-hybridized carbons (Fsp3) is 0.238. The van der Waals surface area contributed by atoms with E-state index in [1.54, 1.807) is 24.3 Å². The van der Waals surface area contributed by atoms with E-state index in [1.807, 2.05) is 13.8 Å². The zero-order valence-corrected chi connectivity index (χ0v) is 16.9. The van der Waals surface area contributed by atoms with E-state index in [0.29, 0.717) is 34.3 Å². The summed E-state index contributed by atoms with van der Waals surface area (Å²) in [6, 6.07) is 12.5. The summed E-state index contributed by atoms with van der Waals surface area (Å²) < 4.78 is 5.62. The Kier molecular flexibility index (Phi) is 6.33. The van der Waals surface area contributed by atoms with Gasteiger partial charge in [0, 0.05) is 18.2 Å². The minimum absolute atomic E-state index is 0.0755. The number of anilines is 1. The lowest BCUT2D eigenvalue weighted by molar-refractivity contribution is -0.384. The maximum atomic E-state index is 13.2. The van der Waals surface area contributed by atoms with Crippen LogP contribution in [0.25, 0.3) is 5.57 Å². The van der Waals surface area contributed by atoms with Gasteiger partial charge in [0.25, 0.3) is 17.5 Å². The highest BCUT2D eigenvalue weighted by molar-refractivity contribution is 8.04. The molecule has 0 aliphatic carbocycles. The van der Waals surface area contributed by atoms with Crippen molar-refractivity contribution in [2.24, 2.45) is 0 Å². The normalized spacial score (nSPS) is 13.9. The number of amides is 2. The molecular formula is C21H20N2O5S. The first-order valence-corrected chi connectivity index (χ1v) is 10.2. The number of nitrogens with zero attached hydrogens (tertiary/aromatic N) is 2. The van der Waals surface area contributed by atoms with Crippen molar-refractivity contribution in [1.82, 2.24) is 0 Å². The summed E-state index contributed by atoms with van der Waals surface area (Å²) in [5, 5.41) is 10.9. The molecule has 0 atom stereocenters. The number of rotatable bonds is 8. The van der Waals surface area contributed by atoms with Crippen molar-refractivity contribution in [3.63, 3.8) is 0 Å². The number of nitro groups is 1. The number of carbonyl (C=O) groups excluding carboxylic acids is 2. The Morgan fingerprint density at radius 2 is 1.79 bits per heavy atom. The van der Waals surface area contributed by atoms with Crippen LogP contribution in [0.3, 0.4) is 0 Å². The standard InChI is InChI=1S/C21H20N2O5S/c1-3-12-28-17-7-5-6-16(13-17)22-20(24)18(19(21(22)25)29-4-2)14-8-10-15(11-9-14)23(26)27/h5-11,13H,3-4,12H2,1-2H3. The lowest BCUT2D eigenvalue weighted by Gasteiger charge is -2.16. The van der Waals surface area contributed by atoms with E-state index in [-0.39, 0.29) is 11.3 Å². The third-order valence-electron chi connectivity index (χ3n) is 4.25. The number of imide groups is 1. The molecule has 0 unspecified atom stereocenters. The smallest absolute Gasteiger partial charge is 0.272 e. The van der Waals surface area contributed by atoms with Crippen LogP contribution >= 0.6 is 11.8 Å². The van der Waals surface area contributed by atoms with Crippen molar-refractivity contribution < 1.29 is 19.2 Å². The third kappa shape index (κ3) is 4.17. The van der Waals surface area contributed by atoms with Crippen LogP contribution in [-0.4, -0.2) is 29.1 Å². The molecule has 7 nitrogen and oxygen atoms in total. The van der Waals surface area contributed by atoms with Crippen molar-refractivity contribution in [3.05, 3.63) is 69.1 Å². The molecule has 0 saturated carbocycles. The maximum absolute atomic E-state index is 13.2. The van der Waals surface area contributed by atoms with Crippen LogP contribution in [-0.2, 0) is 9.59 Å². The van der Waals surface area contributed by atoms with Crippen molar-refractivity contribution >= 4 is 40.5 Å². The number of hydrogen-bond donors (Lipinski definition) is 0. The maximum Gasteiger partial charge on any atom is 0.272 e. The molecule has 0 saturated heterocycles. The van der Waals surface area contributed by atoms with E-state index < -0.39 is 16.7 Å². The van der Waals surface area contributed by atoms with Gasteiger partial charge in [0.15, 0.2) is 0 Å². The summed E-state index contributed by atoms with van der Waals surface area (Å²) in [4.78, 5) is 38.1. The second kappa shape index (κ2) is 8.91. The lowest BCUT2D eigenvalue weighted by Crippen LogP contribution is -2.31. The molecule has 29 heavy (non-hydrogen) atoms. The summed E-state index contributed by atoms with van der Waals surface area (Å²) in [6.07, 6.45) is 0.842. The Morgan fingerprint density at radius 3 is 2.41 bits per heavy atom. The Bertz CT molecular complexity index is 985. The number of ether oxygens (including phenoxy) is 1. The van der Waals surface area contributed by atoms with Gasteiger partial charge in [-0.15, -0.1) is 11.8 Å². The Hall–Kier alpha value is -3.13. The largest absolute Gasteiger partial charge is 0.494 e. The van der Waals surface area contributed by atoms with Gasteiger partial charge in [-0.1, -0.05) is 19.9 Å². The van der Waals surface area contributed by atoms with Crippen LogP contribution in [0.5, 0.6) is 5.75 Å². The minimum Gasteiger partial charge on any atom is -0.494 e. The van der Waals surface area contributed by atoms with Gasteiger partial charge < -0.3 is 4.74 Å². The number of carbonyl (C=O) groups is 2. The molecule has 2 amide bonds. The van der Waals surface area contributed by atoms with Crippen molar-refractivity contribution in [3.8, 4) is 5.75 Å². The molecule has 0 fully saturated rings. The second-order valence-corrected chi connectivity index (χ2v) is 7.51. The van der Waals surface area contributed by atoms with E-state index in [4.69, 9.17) is 4.74 Å². The first-order valence-electron chi connectivity index (χ1n) is 9.21. The minimum atomic E-state index is -0.504. The molecule has 0 aromatic heterocycles. The zero-order chi connectivity index (χ0) is 21.0. The Morgan fingerprint density at radius 1 is 1.07 bits per heavy atom. The third-order valence-corrected chi connectivity index (χ3v) is 5.20. The quantitative estimate of drug-likeness (QED) is 0.362. The van der Waals surface area contributed by atoms with E-state index in [0.717, 1.165) is 11.3 Å². The van der Waals surface area contributed by atoms with Crippen LogP contribution in [0.2, 0.25) is 0 Å². The molecule has 2 aromatic rings. The highest BCUT2D eigenvalue weighted by Gasteiger charge is 2.40. The first-order chi connectivity index (χ1) is 14.0. The van der Waals surface area contributed by atoms with Crippen molar-refractivity contribution in [2.45, 2.75) is 20.3 Å². The van der Waals surface area contributed by atoms with E-state index in [2.05, 4.69) is 0 Å². The Balaban J connectivity index is 1.99. The van der Waals surface area contributed by atoms with Gasteiger partial charge in [0.05, 0.1) is 27.7 Å². The summed E-state index contributed by atoms with van der Waals surface area (Å²) in [7, 11) is 0. The lowest BCUT2D eigenvalue weighted by atomic mass is 10.1. The fourth-order valence-corrected chi connectivity index (χ4v) is 3.81. The number of benzene rings is 2. The number of hydrogen-bond acceptors (Lipinski definition) is 6. The molecule has 8 heteroatoms.